The number of aliphatic hydroxyl groups excluding tert-OH is 1. The van der Waals surface area contributed by atoms with Gasteiger partial charge >= 0.3 is 0 Å². The van der Waals surface area contributed by atoms with Crippen molar-refractivity contribution in [3.63, 3.8) is 0 Å². The van der Waals surface area contributed by atoms with Crippen molar-refractivity contribution >= 4 is 5.91 Å². The van der Waals surface area contributed by atoms with E-state index in [1.807, 2.05) is 6.07 Å². The molecule has 0 radical (unpaired) electrons. The summed E-state index contributed by atoms with van der Waals surface area (Å²) in [5.74, 6) is 0.373. The number of aliphatic hydroxyl groups is 1. The number of nitrogens with one attached hydrogen (secondary N) is 1. The Morgan fingerprint density at radius 1 is 1.47 bits per heavy atom. The Kier molecular flexibility index (Phi) is 2.96. The number of aromatic amines is 1. The molecule has 0 bridgehead atoms. The summed E-state index contributed by atoms with van der Waals surface area (Å²) < 4.78 is 0. The maximum absolute atomic E-state index is 12.3. The number of tetrazole rings is 1. The Morgan fingerprint density at radius 3 is 3.05 bits per heavy atom. The normalized spacial score (nSPS) is 18.8. The van der Waals surface area contributed by atoms with Crippen molar-refractivity contribution < 1.29 is 9.90 Å². The van der Waals surface area contributed by atoms with Gasteiger partial charge in [0.15, 0.2) is 0 Å². The molecule has 1 fully saturated rings. The third-order valence-electron chi connectivity index (χ3n) is 3.16. The van der Waals surface area contributed by atoms with Crippen molar-refractivity contribution in [1.29, 1.82) is 0 Å². The van der Waals surface area contributed by atoms with Crippen molar-refractivity contribution in [3.05, 3.63) is 29.8 Å². The molecule has 2 heterocycles. The van der Waals surface area contributed by atoms with Crippen LogP contribution >= 0.6 is 0 Å². The Morgan fingerprint density at radius 2 is 2.37 bits per heavy atom. The van der Waals surface area contributed by atoms with Crippen LogP contribution in [-0.4, -0.2) is 55.7 Å². The summed E-state index contributed by atoms with van der Waals surface area (Å²) >= 11 is 0. The second-order valence-corrected chi connectivity index (χ2v) is 4.51. The van der Waals surface area contributed by atoms with Crippen LogP contribution in [0.25, 0.3) is 11.4 Å². The number of rotatable bonds is 2. The molecule has 0 unspecified atom stereocenters. The zero-order chi connectivity index (χ0) is 13.2. The monoisotopic (exact) mass is 259 g/mol. The lowest BCUT2D eigenvalue weighted by molar-refractivity contribution is 0.0765. The minimum absolute atomic E-state index is 0.0816. The third-order valence-corrected chi connectivity index (χ3v) is 3.16. The first-order valence-corrected chi connectivity index (χ1v) is 6.05. The van der Waals surface area contributed by atoms with E-state index in [2.05, 4.69) is 20.6 Å². The van der Waals surface area contributed by atoms with E-state index in [0.29, 0.717) is 30.9 Å². The number of likely N-dealkylation sites (tertiary alicyclic amines) is 1. The number of hydrogen-bond donors (Lipinski definition) is 2. The maximum atomic E-state index is 12.3. The standard InChI is InChI=1S/C12H13N5O2/c18-10-4-5-17(7-10)12(19)9-3-1-2-8(6-9)11-13-15-16-14-11/h1-3,6,10,18H,4-5,7H2,(H,13,14,15,16)/t10-/m1/s1. The first-order chi connectivity index (χ1) is 9.24. The van der Waals surface area contributed by atoms with Gasteiger partial charge in [0.05, 0.1) is 6.10 Å². The van der Waals surface area contributed by atoms with Gasteiger partial charge in [-0.3, -0.25) is 4.79 Å². The Hall–Kier alpha value is -2.28. The Balaban J connectivity index is 1.85. The first-order valence-electron chi connectivity index (χ1n) is 6.05. The summed E-state index contributed by atoms with van der Waals surface area (Å²) in [6, 6.07) is 7.08. The van der Waals surface area contributed by atoms with Gasteiger partial charge in [-0.05, 0) is 23.8 Å². The molecule has 1 saturated heterocycles. The minimum atomic E-state index is -0.413. The summed E-state index contributed by atoms with van der Waals surface area (Å²) in [5, 5.41) is 23.1. The number of β-amino-alcohol motifs (C(OH)–C–C–N with tert-alkyl or cyclic N) is 1. The SMILES string of the molecule is O=C(c1cccc(-c2nn[nH]n2)c1)N1CC[C@@H](O)C1. The summed E-state index contributed by atoms with van der Waals surface area (Å²) in [7, 11) is 0. The number of amides is 1. The predicted molar refractivity (Wildman–Crippen MR) is 66.1 cm³/mol. The van der Waals surface area contributed by atoms with Gasteiger partial charge in [-0.2, -0.15) is 5.21 Å². The molecule has 0 saturated carbocycles. The second-order valence-electron chi connectivity index (χ2n) is 4.51. The van der Waals surface area contributed by atoms with Gasteiger partial charge in [0.25, 0.3) is 5.91 Å². The number of benzene rings is 1. The fraction of sp³-hybridized carbons (Fsp3) is 0.333. The van der Waals surface area contributed by atoms with Crippen LogP contribution in [0.5, 0.6) is 0 Å². The van der Waals surface area contributed by atoms with Gasteiger partial charge in [-0.25, -0.2) is 0 Å². The molecule has 2 aromatic rings. The highest BCUT2D eigenvalue weighted by Gasteiger charge is 2.25. The molecule has 2 N–H and O–H groups in total. The summed E-state index contributed by atoms with van der Waals surface area (Å²) in [6.45, 7) is 0.984. The molecule has 7 nitrogen and oxygen atoms in total. The van der Waals surface area contributed by atoms with Gasteiger partial charge in [-0.1, -0.05) is 12.1 Å². The minimum Gasteiger partial charge on any atom is -0.391 e. The lowest BCUT2D eigenvalue weighted by Crippen LogP contribution is -2.29. The van der Waals surface area contributed by atoms with E-state index >= 15 is 0 Å². The number of carbonyl (C=O) groups is 1. The smallest absolute Gasteiger partial charge is 0.253 e. The largest absolute Gasteiger partial charge is 0.391 e. The van der Waals surface area contributed by atoms with Gasteiger partial charge in [0.2, 0.25) is 5.82 Å². The zero-order valence-corrected chi connectivity index (χ0v) is 10.2. The molecular weight excluding hydrogens is 246 g/mol. The van der Waals surface area contributed by atoms with Crippen molar-refractivity contribution in [1.82, 2.24) is 25.5 Å². The van der Waals surface area contributed by atoms with E-state index in [9.17, 15) is 9.90 Å². The van der Waals surface area contributed by atoms with Crippen LogP contribution < -0.4 is 0 Å². The van der Waals surface area contributed by atoms with Crippen molar-refractivity contribution in [3.8, 4) is 11.4 Å². The maximum Gasteiger partial charge on any atom is 0.253 e. The molecule has 7 heteroatoms. The van der Waals surface area contributed by atoms with Crippen LogP contribution in [0.4, 0.5) is 0 Å². The lowest BCUT2D eigenvalue weighted by Gasteiger charge is -2.15. The van der Waals surface area contributed by atoms with Crippen molar-refractivity contribution in [2.45, 2.75) is 12.5 Å². The van der Waals surface area contributed by atoms with E-state index in [4.69, 9.17) is 0 Å². The molecule has 98 valence electrons. The fourth-order valence-electron chi connectivity index (χ4n) is 2.18. The average Bonchev–Trinajstić information content (AvgIpc) is 3.09. The molecule has 1 aromatic heterocycles. The number of aromatic nitrogens is 4. The van der Waals surface area contributed by atoms with E-state index in [0.717, 1.165) is 5.56 Å². The Bertz CT molecular complexity index is 584. The summed E-state index contributed by atoms with van der Waals surface area (Å²) in [4.78, 5) is 13.9. The molecule has 0 spiro atoms. The zero-order valence-electron chi connectivity index (χ0n) is 10.2. The first kappa shape index (κ1) is 11.8. The number of carbonyl (C=O) groups excluding carboxylic acids is 1. The van der Waals surface area contributed by atoms with Gasteiger partial charge < -0.3 is 10.0 Å². The summed E-state index contributed by atoms with van der Waals surface area (Å²) in [6.07, 6.45) is 0.223. The molecular formula is C12H13N5O2. The van der Waals surface area contributed by atoms with E-state index in [1.165, 1.54) is 0 Å². The average molecular weight is 259 g/mol. The molecule has 19 heavy (non-hydrogen) atoms. The quantitative estimate of drug-likeness (QED) is 0.796. The van der Waals surface area contributed by atoms with Crippen LogP contribution in [-0.2, 0) is 0 Å². The number of hydrogen-bond acceptors (Lipinski definition) is 5. The lowest BCUT2D eigenvalue weighted by atomic mass is 10.1. The second kappa shape index (κ2) is 4.77. The van der Waals surface area contributed by atoms with Gasteiger partial charge in [0.1, 0.15) is 0 Å². The number of nitrogens with zero attached hydrogens (tertiary/aromatic N) is 4. The number of H-pyrrole nitrogens is 1. The highest BCUT2D eigenvalue weighted by Crippen LogP contribution is 2.18. The molecule has 1 atom stereocenters. The van der Waals surface area contributed by atoms with Crippen LogP contribution in [0.2, 0.25) is 0 Å². The van der Waals surface area contributed by atoms with Gasteiger partial charge in [-0.15, -0.1) is 10.2 Å². The fourth-order valence-corrected chi connectivity index (χ4v) is 2.18. The van der Waals surface area contributed by atoms with E-state index in [1.54, 1.807) is 23.1 Å². The highest BCUT2D eigenvalue weighted by molar-refractivity contribution is 5.95. The van der Waals surface area contributed by atoms with Crippen LogP contribution in [0.15, 0.2) is 24.3 Å². The Labute approximate surface area is 109 Å². The third kappa shape index (κ3) is 2.32. The molecule has 3 rings (SSSR count). The van der Waals surface area contributed by atoms with Gasteiger partial charge in [0, 0.05) is 24.2 Å². The summed E-state index contributed by atoms with van der Waals surface area (Å²) in [5.41, 5.74) is 1.30. The molecule has 0 aliphatic carbocycles. The molecule has 1 aliphatic heterocycles. The van der Waals surface area contributed by atoms with Crippen molar-refractivity contribution in [2.24, 2.45) is 0 Å². The van der Waals surface area contributed by atoms with E-state index < -0.39 is 6.10 Å². The molecule has 1 amide bonds. The molecule has 1 aromatic carbocycles. The van der Waals surface area contributed by atoms with Crippen LogP contribution in [0, 0.1) is 0 Å². The van der Waals surface area contributed by atoms with Crippen LogP contribution in [0.1, 0.15) is 16.8 Å². The predicted octanol–water partition coefficient (Wildman–Crippen LogP) is 0.0735. The highest BCUT2D eigenvalue weighted by atomic mass is 16.3. The van der Waals surface area contributed by atoms with Crippen molar-refractivity contribution in [2.75, 3.05) is 13.1 Å². The van der Waals surface area contributed by atoms with E-state index in [-0.39, 0.29) is 5.91 Å². The molecule has 1 aliphatic rings. The van der Waals surface area contributed by atoms with Crippen LogP contribution in [0.3, 0.4) is 0 Å². The topological polar surface area (TPSA) is 95.0 Å².